The minimum atomic E-state index is -0.259. The van der Waals surface area contributed by atoms with Crippen LogP contribution < -0.4 is 0 Å². The number of hydrogen-bond donors (Lipinski definition) is 0. The van der Waals surface area contributed by atoms with Gasteiger partial charge < -0.3 is 9.64 Å². The average molecular weight is 320 g/mol. The molecule has 2 aliphatic heterocycles. The van der Waals surface area contributed by atoms with Crippen LogP contribution in [0, 0.1) is 12.7 Å². The van der Waals surface area contributed by atoms with Crippen molar-refractivity contribution in [3.8, 4) is 0 Å². The Morgan fingerprint density at radius 1 is 1.26 bits per heavy atom. The van der Waals surface area contributed by atoms with Gasteiger partial charge in [-0.3, -0.25) is 9.69 Å². The Hall–Kier alpha value is -1.46. The van der Waals surface area contributed by atoms with Gasteiger partial charge in [0.25, 0.3) is 5.91 Å². The van der Waals surface area contributed by atoms with Crippen LogP contribution in [0.1, 0.15) is 35.2 Å². The molecule has 1 aromatic carbocycles. The highest BCUT2D eigenvalue weighted by Crippen LogP contribution is 2.22. The van der Waals surface area contributed by atoms with Gasteiger partial charge in [-0.1, -0.05) is 0 Å². The maximum absolute atomic E-state index is 13.4. The molecule has 5 heteroatoms. The SMILES string of the molecule is Cc1cc(C(=O)N2CCCC[C@@H]2CN2CCOCC2)ccc1F. The first-order valence-corrected chi connectivity index (χ1v) is 8.52. The van der Waals surface area contributed by atoms with Crippen molar-refractivity contribution in [1.82, 2.24) is 9.80 Å². The minimum Gasteiger partial charge on any atom is -0.379 e. The molecule has 0 saturated carbocycles. The molecule has 0 aliphatic carbocycles. The van der Waals surface area contributed by atoms with Crippen LogP contribution in [0.25, 0.3) is 0 Å². The van der Waals surface area contributed by atoms with Gasteiger partial charge in [0, 0.05) is 37.8 Å². The van der Waals surface area contributed by atoms with E-state index in [4.69, 9.17) is 4.74 Å². The number of nitrogens with zero attached hydrogens (tertiary/aromatic N) is 2. The molecule has 2 aliphatic rings. The van der Waals surface area contributed by atoms with Gasteiger partial charge in [-0.2, -0.15) is 0 Å². The van der Waals surface area contributed by atoms with E-state index in [0.29, 0.717) is 11.1 Å². The standard InChI is InChI=1S/C18H25FN2O2/c1-14-12-15(5-6-17(14)19)18(22)21-7-3-2-4-16(21)13-20-8-10-23-11-9-20/h5-6,12,16H,2-4,7-11,13H2,1H3/t16-/m1/s1. The molecule has 2 fully saturated rings. The van der Waals surface area contributed by atoms with E-state index in [1.54, 1.807) is 19.1 Å². The molecule has 4 nitrogen and oxygen atoms in total. The Balaban J connectivity index is 1.71. The first-order valence-electron chi connectivity index (χ1n) is 8.52. The van der Waals surface area contributed by atoms with Crippen LogP contribution in [0.2, 0.25) is 0 Å². The second-order valence-corrected chi connectivity index (χ2v) is 6.53. The molecule has 126 valence electrons. The molecule has 3 rings (SSSR count). The fourth-order valence-electron chi connectivity index (χ4n) is 3.48. The van der Waals surface area contributed by atoms with Gasteiger partial charge in [0.1, 0.15) is 5.82 Å². The predicted octanol–water partition coefficient (Wildman–Crippen LogP) is 2.46. The Labute approximate surface area is 137 Å². The maximum Gasteiger partial charge on any atom is 0.254 e. The monoisotopic (exact) mass is 320 g/mol. The highest BCUT2D eigenvalue weighted by molar-refractivity contribution is 5.94. The molecule has 0 spiro atoms. The predicted molar refractivity (Wildman–Crippen MR) is 87.1 cm³/mol. The lowest BCUT2D eigenvalue weighted by Gasteiger charge is -2.39. The third-order valence-corrected chi connectivity index (χ3v) is 4.87. The Kier molecular flexibility index (Phi) is 5.28. The lowest BCUT2D eigenvalue weighted by Crippen LogP contribution is -2.51. The van der Waals surface area contributed by atoms with E-state index in [-0.39, 0.29) is 17.8 Å². The first kappa shape index (κ1) is 16.4. The summed E-state index contributed by atoms with van der Waals surface area (Å²) in [5.41, 5.74) is 1.12. The second-order valence-electron chi connectivity index (χ2n) is 6.53. The summed E-state index contributed by atoms with van der Waals surface area (Å²) in [6, 6.07) is 4.91. The summed E-state index contributed by atoms with van der Waals surface area (Å²) in [5, 5.41) is 0. The zero-order valence-corrected chi connectivity index (χ0v) is 13.8. The molecule has 2 heterocycles. The smallest absolute Gasteiger partial charge is 0.254 e. The van der Waals surface area contributed by atoms with Crippen molar-refractivity contribution in [2.75, 3.05) is 39.4 Å². The zero-order chi connectivity index (χ0) is 16.2. The molecule has 1 atom stereocenters. The third-order valence-electron chi connectivity index (χ3n) is 4.87. The molecule has 1 aromatic rings. The molecule has 2 saturated heterocycles. The Bertz CT molecular complexity index is 558. The lowest BCUT2D eigenvalue weighted by atomic mass is 9.99. The topological polar surface area (TPSA) is 32.8 Å². The molecule has 0 radical (unpaired) electrons. The van der Waals surface area contributed by atoms with E-state index < -0.39 is 0 Å². The van der Waals surface area contributed by atoms with Gasteiger partial charge in [0.15, 0.2) is 0 Å². The van der Waals surface area contributed by atoms with Gasteiger partial charge in [-0.05, 0) is 49.9 Å². The molecule has 23 heavy (non-hydrogen) atoms. The van der Waals surface area contributed by atoms with Crippen molar-refractivity contribution in [2.45, 2.75) is 32.2 Å². The van der Waals surface area contributed by atoms with E-state index in [9.17, 15) is 9.18 Å². The Morgan fingerprint density at radius 2 is 2.04 bits per heavy atom. The summed E-state index contributed by atoms with van der Waals surface area (Å²) in [4.78, 5) is 17.3. The quantitative estimate of drug-likeness (QED) is 0.858. The molecule has 1 amide bonds. The number of rotatable bonds is 3. The van der Waals surface area contributed by atoms with Gasteiger partial charge in [0.05, 0.1) is 13.2 Å². The van der Waals surface area contributed by atoms with Gasteiger partial charge >= 0.3 is 0 Å². The first-order chi connectivity index (χ1) is 11.1. The fourth-order valence-corrected chi connectivity index (χ4v) is 3.48. The van der Waals surface area contributed by atoms with E-state index in [0.717, 1.165) is 52.2 Å². The summed E-state index contributed by atoms with van der Waals surface area (Å²) in [7, 11) is 0. The number of morpholine rings is 1. The minimum absolute atomic E-state index is 0.0334. The number of carbonyl (C=O) groups is 1. The molecular formula is C18H25FN2O2. The average Bonchev–Trinajstić information content (AvgIpc) is 2.58. The summed E-state index contributed by atoms with van der Waals surface area (Å²) >= 11 is 0. The summed E-state index contributed by atoms with van der Waals surface area (Å²) < 4.78 is 18.8. The number of carbonyl (C=O) groups excluding carboxylic acids is 1. The number of amides is 1. The van der Waals surface area contributed by atoms with Crippen LogP contribution in [0.3, 0.4) is 0 Å². The van der Waals surface area contributed by atoms with Crippen LogP contribution in [0.4, 0.5) is 4.39 Å². The number of benzene rings is 1. The van der Waals surface area contributed by atoms with Crippen molar-refractivity contribution in [3.05, 3.63) is 35.1 Å². The third kappa shape index (κ3) is 3.90. The van der Waals surface area contributed by atoms with E-state index in [1.807, 2.05) is 4.90 Å². The molecule has 0 unspecified atom stereocenters. The van der Waals surface area contributed by atoms with Crippen molar-refractivity contribution in [1.29, 1.82) is 0 Å². The van der Waals surface area contributed by atoms with Gasteiger partial charge in [-0.25, -0.2) is 4.39 Å². The van der Waals surface area contributed by atoms with Crippen LogP contribution >= 0.6 is 0 Å². The maximum atomic E-state index is 13.4. The number of aryl methyl sites for hydroxylation is 1. The number of likely N-dealkylation sites (tertiary alicyclic amines) is 1. The Morgan fingerprint density at radius 3 is 2.78 bits per heavy atom. The second kappa shape index (κ2) is 7.41. The van der Waals surface area contributed by atoms with Crippen molar-refractivity contribution >= 4 is 5.91 Å². The zero-order valence-electron chi connectivity index (χ0n) is 13.8. The van der Waals surface area contributed by atoms with Crippen LogP contribution in [0.5, 0.6) is 0 Å². The van der Waals surface area contributed by atoms with Crippen molar-refractivity contribution in [2.24, 2.45) is 0 Å². The van der Waals surface area contributed by atoms with Gasteiger partial charge in [-0.15, -0.1) is 0 Å². The molecule has 0 bridgehead atoms. The lowest BCUT2D eigenvalue weighted by molar-refractivity contribution is 0.0166. The van der Waals surface area contributed by atoms with Crippen molar-refractivity contribution in [3.63, 3.8) is 0 Å². The summed E-state index contributed by atoms with van der Waals surface area (Å²) in [6.45, 7) is 6.84. The highest BCUT2D eigenvalue weighted by Gasteiger charge is 2.29. The fraction of sp³-hybridized carbons (Fsp3) is 0.611. The molecule has 0 N–H and O–H groups in total. The highest BCUT2D eigenvalue weighted by atomic mass is 19.1. The van der Waals surface area contributed by atoms with E-state index in [1.165, 1.54) is 12.5 Å². The van der Waals surface area contributed by atoms with E-state index in [2.05, 4.69) is 4.90 Å². The van der Waals surface area contributed by atoms with Crippen LogP contribution in [0.15, 0.2) is 18.2 Å². The number of piperidine rings is 1. The normalized spacial score (nSPS) is 23.0. The van der Waals surface area contributed by atoms with E-state index >= 15 is 0 Å². The van der Waals surface area contributed by atoms with Crippen molar-refractivity contribution < 1.29 is 13.9 Å². The molecule has 0 aromatic heterocycles. The number of hydrogen-bond acceptors (Lipinski definition) is 3. The number of ether oxygens (including phenoxy) is 1. The molecular weight excluding hydrogens is 295 g/mol. The van der Waals surface area contributed by atoms with Gasteiger partial charge in [0.2, 0.25) is 0 Å². The van der Waals surface area contributed by atoms with Crippen LogP contribution in [-0.4, -0.2) is 61.1 Å². The van der Waals surface area contributed by atoms with Crippen LogP contribution in [-0.2, 0) is 4.74 Å². The summed E-state index contributed by atoms with van der Waals surface area (Å²) in [6.07, 6.45) is 3.26. The largest absolute Gasteiger partial charge is 0.379 e. The summed E-state index contributed by atoms with van der Waals surface area (Å²) in [5.74, 6) is -0.226. The number of halogens is 1.